The van der Waals surface area contributed by atoms with Gasteiger partial charge < -0.3 is 20.1 Å². The fourth-order valence-corrected chi connectivity index (χ4v) is 9.08. The lowest BCUT2D eigenvalue weighted by atomic mass is 9.51. The van der Waals surface area contributed by atoms with Crippen molar-refractivity contribution in [3.8, 4) is 0 Å². The van der Waals surface area contributed by atoms with E-state index in [0.717, 1.165) is 25.7 Å². The Morgan fingerprint density at radius 3 is 2.48 bits per heavy atom. The van der Waals surface area contributed by atoms with Gasteiger partial charge in [0.25, 0.3) is 0 Å². The van der Waals surface area contributed by atoms with E-state index in [1.807, 2.05) is 6.92 Å². The molecule has 0 aromatic carbocycles. The summed E-state index contributed by atoms with van der Waals surface area (Å²) in [5, 5.41) is 32.2. The summed E-state index contributed by atoms with van der Waals surface area (Å²) < 4.78 is 5.83. The molecule has 1 heterocycles. The van der Waals surface area contributed by atoms with E-state index in [0.29, 0.717) is 24.2 Å². The summed E-state index contributed by atoms with van der Waals surface area (Å²) >= 11 is 0. The van der Waals surface area contributed by atoms with Gasteiger partial charge in [0, 0.05) is 0 Å². The van der Waals surface area contributed by atoms with Gasteiger partial charge in [-0.3, -0.25) is 0 Å². The Bertz CT molecular complexity index is 867. The molecule has 5 rings (SSSR count). The first-order valence-electron chi connectivity index (χ1n) is 13.5. The van der Waals surface area contributed by atoms with E-state index in [2.05, 4.69) is 26.8 Å². The van der Waals surface area contributed by atoms with Crippen LogP contribution in [0.5, 0.6) is 0 Å². The highest BCUT2D eigenvalue weighted by atomic mass is 16.6. The number of aliphatic hydroxyl groups excluding tert-OH is 2. The maximum Gasteiger partial charge on any atom is 0.148 e. The van der Waals surface area contributed by atoms with Crippen LogP contribution in [0.1, 0.15) is 99.3 Å². The molecule has 9 atom stereocenters. The van der Waals surface area contributed by atoms with Crippen LogP contribution >= 0.6 is 0 Å². The summed E-state index contributed by atoms with van der Waals surface area (Å²) in [4.78, 5) is 0. The topological polar surface area (TPSA) is 73.2 Å². The molecule has 1 aliphatic heterocycles. The first-order chi connectivity index (χ1) is 15.3. The molecule has 0 spiro atoms. The number of fused-ring (bicyclic) bond motifs is 4. The Kier molecular flexibility index (Phi) is 5.58. The van der Waals surface area contributed by atoms with E-state index < -0.39 is 17.3 Å². The SMILES string of the molecule is CC1OC1(C(O)C[C@@H](C)[C@H]1CC=C2C3=C(CC[C@@]21C)[C@@]1(C)CC[C@H](O)C[C@@H]1CC3)C(C)(C)O. The van der Waals surface area contributed by atoms with Gasteiger partial charge in [0.05, 0.1) is 23.9 Å². The number of hydrogen-bond acceptors (Lipinski definition) is 4. The second-order valence-corrected chi connectivity index (χ2v) is 13.3. The Hall–Kier alpha value is -0.680. The molecule has 5 aliphatic rings. The third-order valence-corrected chi connectivity index (χ3v) is 11.1. The number of hydrogen-bond donors (Lipinski definition) is 3. The van der Waals surface area contributed by atoms with E-state index >= 15 is 0 Å². The normalized spacial score (nSPS) is 46.8. The maximum absolute atomic E-state index is 11.2. The van der Waals surface area contributed by atoms with Crippen molar-refractivity contribution >= 4 is 0 Å². The minimum atomic E-state index is -1.05. The van der Waals surface area contributed by atoms with Crippen LogP contribution in [0.2, 0.25) is 0 Å². The fourth-order valence-electron chi connectivity index (χ4n) is 9.08. The predicted octanol–water partition coefficient (Wildman–Crippen LogP) is 5.31. The standard InChI is InChI=1S/C29H46O4/c1-17(15-25(31)29(18(2)33-29)26(3,4)32)22-9-10-23-21-8-7-19-16-20(30)11-13-27(19,5)24(21)12-14-28(22,23)6/h10,17-20,22,25,30-32H,7-9,11-16H2,1-6H3/t17-,18?,19+,20+,22-,25?,27+,28-,29?/m1/s1. The minimum Gasteiger partial charge on any atom is -0.393 e. The molecule has 0 radical (unpaired) electrons. The number of allylic oxidation sites excluding steroid dienone is 4. The minimum absolute atomic E-state index is 0.105. The summed E-state index contributed by atoms with van der Waals surface area (Å²) in [6, 6.07) is 0. The van der Waals surface area contributed by atoms with Crippen molar-refractivity contribution in [2.24, 2.45) is 28.6 Å². The van der Waals surface area contributed by atoms with Crippen molar-refractivity contribution in [2.75, 3.05) is 0 Å². The first kappa shape index (κ1) is 24.0. The average molecular weight is 459 g/mol. The van der Waals surface area contributed by atoms with Gasteiger partial charge in [-0.05, 0) is 118 Å². The molecule has 0 amide bonds. The molecule has 1 saturated carbocycles. The molecule has 4 nitrogen and oxygen atoms in total. The molecular formula is C29H46O4. The zero-order valence-electron chi connectivity index (χ0n) is 21.7. The number of ether oxygens (including phenoxy) is 1. The lowest BCUT2D eigenvalue weighted by Gasteiger charge is -2.54. The van der Waals surface area contributed by atoms with Gasteiger partial charge >= 0.3 is 0 Å². The van der Waals surface area contributed by atoms with Crippen molar-refractivity contribution in [3.05, 3.63) is 22.8 Å². The van der Waals surface area contributed by atoms with Gasteiger partial charge in [-0.25, -0.2) is 0 Å². The van der Waals surface area contributed by atoms with Gasteiger partial charge in [0.2, 0.25) is 0 Å². The zero-order chi connectivity index (χ0) is 24.0. The van der Waals surface area contributed by atoms with Crippen LogP contribution in [0.4, 0.5) is 0 Å². The third-order valence-electron chi connectivity index (χ3n) is 11.1. The van der Waals surface area contributed by atoms with E-state index in [1.54, 1.807) is 30.6 Å². The van der Waals surface area contributed by atoms with Gasteiger partial charge in [0.1, 0.15) is 5.60 Å². The van der Waals surface area contributed by atoms with Crippen LogP contribution in [0.25, 0.3) is 0 Å². The molecule has 3 N–H and O–H groups in total. The molecule has 33 heavy (non-hydrogen) atoms. The zero-order valence-corrected chi connectivity index (χ0v) is 21.7. The highest BCUT2D eigenvalue weighted by Crippen LogP contribution is 2.64. The molecule has 1 saturated heterocycles. The first-order valence-corrected chi connectivity index (χ1v) is 13.5. The van der Waals surface area contributed by atoms with Crippen LogP contribution in [0, 0.1) is 28.6 Å². The summed E-state index contributed by atoms with van der Waals surface area (Å²) in [6.07, 6.45) is 11.2. The van der Waals surface area contributed by atoms with Crippen LogP contribution < -0.4 is 0 Å². The molecule has 2 fully saturated rings. The van der Waals surface area contributed by atoms with Crippen molar-refractivity contribution in [3.63, 3.8) is 0 Å². The Morgan fingerprint density at radius 2 is 1.85 bits per heavy atom. The largest absolute Gasteiger partial charge is 0.393 e. The monoisotopic (exact) mass is 458 g/mol. The number of rotatable bonds is 5. The maximum atomic E-state index is 11.2. The molecule has 3 unspecified atom stereocenters. The highest BCUT2D eigenvalue weighted by Gasteiger charge is 2.67. The average Bonchev–Trinajstić information content (AvgIpc) is 3.30. The molecule has 0 aromatic heterocycles. The van der Waals surface area contributed by atoms with Crippen LogP contribution in [-0.4, -0.2) is 44.8 Å². The summed E-state index contributed by atoms with van der Waals surface area (Å²) in [5.74, 6) is 1.51. The third kappa shape index (κ3) is 3.37. The van der Waals surface area contributed by atoms with E-state index in [-0.39, 0.29) is 23.0 Å². The molecule has 4 heteroatoms. The molecule has 4 aliphatic carbocycles. The summed E-state index contributed by atoms with van der Waals surface area (Å²) in [6.45, 7) is 12.7. The van der Waals surface area contributed by atoms with E-state index in [1.165, 1.54) is 25.7 Å². The Labute approximate surface area is 200 Å². The number of epoxide rings is 1. The van der Waals surface area contributed by atoms with Gasteiger partial charge in [-0.1, -0.05) is 32.4 Å². The molecular weight excluding hydrogens is 412 g/mol. The molecule has 0 aromatic rings. The van der Waals surface area contributed by atoms with Crippen LogP contribution in [-0.2, 0) is 4.74 Å². The predicted molar refractivity (Wildman–Crippen MR) is 131 cm³/mol. The molecule has 186 valence electrons. The van der Waals surface area contributed by atoms with Crippen molar-refractivity contribution < 1.29 is 20.1 Å². The second kappa shape index (κ2) is 7.66. The summed E-state index contributed by atoms with van der Waals surface area (Å²) in [5.41, 5.74) is 3.53. The number of aliphatic hydroxyl groups is 3. The lowest BCUT2D eigenvalue weighted by molar-refractivity contribution is -0.0774. The fraction of sp³-hybridized carbons (Fsp3) is 0.862. The quantitative estimate of drug-likeness (QED) is 0.489. The van der Waals surface area contributed by atoms with Crippen molar-refractivity contribution in [1.29, 1.82) is 0 Å². The van der Waals surface area contributed by atoms with E-state index in [4.69, 9.17) is 4.74 Å². The van der Waals surface area contributed by atoms with Crippen LogP contribution in [0.15, 0.2) is 22.8 Å². The van der Waals surface area contributed by atoms with Crippen molar-refractivity contribution in [1.82, 2.24) is 0 Å². The smallest absolute Gasteiger partial charge is 0.148 e. The lowest BCUT2D eigenvalue weighted by Crippen LogP contribution is -2.51. The van der Waals surface area contributed by atoms with Gasteiger partial charge in [0.15, 0.2) is 0 Å². The highest BCUT2D eigenvalue weighted by molar-refractivity contribution is 5.49. The van der Waals surface area contributed by atoms with Crippen LogP contribution in [0.3, 0.4) is 0 Å². The van der Waals surface area contributed by atoms with E-state index in [9.17, 15) is 15.3 Å². The van der Waals surface area contributed by atoms with Crippen molar-refractivity contribution in [2.45, 2.75) is 129 Å². The summed E-state index contributed by atoms with van der Waals surface area (Å²) in [7, 11) is 0. The van der Waals surface area contributed by atoms with Gasteiger partial charge in [-0.2, -0.15) is 0 Å². The Balaban J connectivity index is 1.36. The van der Waals surface area contributed by atoms with Gasteiger partial charge in [-0.15, -0.1) is 0 Å². The Morgan fingerprint density at radius 1 is 1.15 bits per heavy atom. The second-order valence-electron chi connectivity index (χ2n) is 13.3. The molecule has 0 bridgehead atoms.